The highest BCUT2D eigenvalue weighted by atomic mass is 32.2. The minimum absolute atomic E-state index is 0.813. The Hall–Kier alpha value is -1.33. The number of nitrogens with one attached hydrogen (secondary N) is 1. The number of benzene rings is 2. The molecule has 0 aromatic heterocycles. The standard InChI is InChI=1S/C17H20N2OS/c1-2-7-16(8-3-1)21-17-9-5-4-6-15(17)14-18-19-10-12-20-13-11-19/h1-9,18H,10-14H2. The maximum atomic E-state index is 5.37. The number of hydrazine groups is 1. The topological polar surface area (TPSA) is 24.5 Å². The summed E-state index contributed by atoms with van der Waals surface area (Å²) in [5.41, 5.74) is 4.84. The molecule has 0 aliphatic carbocycles. The second kappa shape index (κ2) is 7.61. The van der Waals surface area contributed by atoms with Crippen molar-refractivity contribution < 1.29 is 4.74 Å². The molecule has 1 fully saturated rings. The van der Waals surface area contributed by atoms with Crippen LogP contribution in [0, 0.1) is 0 Å². The second-order valence-electron chi connectivity index (χ2n) is 4.96. The molecule has 4 heteroatoms. The smallest absolute Gasteiger partial charge is 0.0608 e. The molecule has 0 atom stereocenters. The van der Waals surface area contributed by atoms with Gasteiger partial charge in [-0.2, -0.15) is 0 Å². The fraction of sp³-hybridized carbons (Fsp3) is 0.294. The predicted molar refractivity (Wildman–Crippen MR) is 86.2 cm³/mol. The first-order valence-corrected chi connectivity index (χ1v) is 8.10. The molecule has 21 heavy (non-hydrogen) atoms. The number of hydrogen-bond acceptors (Lipinski definition) is 4. The molecular formula is C17H20N2OS. The van der Waals surface area contributed by atoms with Crippen molar-refractivity contribution >= 4 is 11.8 Å². The summed E-state index contributed by atoms with van der Waals surface area (Å²) >= 11 is 1.82. The van der Waals surface area contributed by atoms with Crippen LogP contribution >= 0.6 is 11.8 Å². The van der Waals surface area contributed by atoms with Crippen LogP contribution in [0.2, 0.25) is 0 Å². The van der Waals surface area contributed by atoms with Crippen LogP contribution in [-0.2, 0) is 11.3 Å². The van der Waals surface area contributed by atoms with Gasteiger partial charge in [0.2, 0.25) is 0 Å². The Bertz CT molecular complexity index is 556. The predicted octanol–water partition coefficient (Wildman–Crippen LogP) is 3.17. The Morgan fingerprint density at radius 3 is 2.48 bits per heavy atom. The highest BCUT2D eigenvalue weighted by Crippen LogP contribution is 2.30. The zero-order chi connectivity index (χ0) is 14.3. The summed E-state index contributed by atoms with van der Waals surface area (Å²) in [5, 5.41) is 2.24. The van der Waals surface area contributed by atoms with Crippen molar-refractivity contribution in [1.29, 1.82) is 0 Å². The lowest BCUT2D eigenvalue weighted by atomic mass is 10.2. The summed E-state index contributed by atoms with van der Waals surface area (Å²) in [6.45, 7) is 4.39. The van der Waals surface area contributed by atoms with Crippen LogP contribution in [0.1, 0.15) is 5.56 Å². The van der Waals surface area contributed by atoms with Gasteiger partial charge in [-0.3, -0.25) is 5.43 Å². The van der Waals surface area contributed by atoms with Crippen molar-refractivity contribution in [2.24, 2.45) is 0 Å². The molecule has 2 aromatic carbocycles. The third kappa shape index (κ3) is 4.32. The largest absolute Gasteiger partial charge is 0.379 e. The van der Waals surface area contributed by atoms with Gasteiger partial charge in [-0.05, 0) is 23.8 Å². The Morgan fingerprint density at radius 2 is 1.67 bits per heavy atom. The molecule has 3 nitrogen and oxygen atoms in total. The summed E-state index contributed by atoms with van der Waals surface area (Å²) in [5.74, 6) is 0. The van der Waals surface area contributed by atoms with Crippen LogP contribution in [0.5, 0.6) is 0 Å². The van der Waals surface area contributed by atoms with E-state index in [1.807, 2.05) is 11.8 Å². The van der Waals surface area contributed by atoms with Gasteiger partial charge in [0.1, 0.15) is 0 Å². The molecule has 2 aromatic rings. The highest BCUT2D eigenvalue weighted by molar-refractivity contribution is 7.99. The second-order valence-corrected chi connectivity index (χ2v) is 6.07. The minimum atomic E-state index is 0.813. The molecular weight excluding hydrogens is 280 g/mol. The molecule has 1 aliphatic heterocycles. The summed E-state index contributed by atoms with van der Waals surface area (Å²) in [4.78, 5) is 2.58. The number of ether oxygens (including phenoxy) is 1. The Morgan fingerprint density at radius 1 is 0.952 bits per heavy atom. The number of hydrogen-bond donors (Lipinski definition) is 1. The van der Waals surface area contributed by atoms with Gasteiger partial charge < -0.3 is 4.74 Å². The van der Waals surface area contributed by atoms with Crippen LogP contribution in [-0.4, -0.2) is 31.3 Å². The molecule has 3 rings (SSSR count). The fourth-order valence-corrected chi connectivity index (χ4v) is 3.25. The van der Waals surface area contributed by atoms with Crippen LogP contribution in [0.25, 0.3) is 0 Å². The molecule has 1 heterocycles. The Kier molecular flexibility index (Phi) is 5.29. The average Bonchev–Trinajstić information content (AvgIpc) is 2.56. The molecule has 0 saturated carbocycles. The zero-order valence-electron chi connectivity index (χ0n) is 12.0. The van der Waals surface area contributed by atoms with E-state index in [2.05, 4.69) is 65.0 Å². The van der Waals surface area contributed by atoms with Crippen molar-refractivity contribution in [1.82, 2.24) is 10.4 Å². The summed E-state index contributed by atoms with van der Waals surface area (Å²) < 4.78 is 5.37. The first-order valence-electron chi connectivity index (χ1n) is 7.29. The maximum Gasteiger partial charge on any atom is 0.0608 e. The van der Waals surface area contributed by atoms with Gasteiger partial charge in [0.25, 0.3) is 0 Å². The fourth-order valence-electron chi connectivity index (χ4n) is 2.28. The Balaban J connectivity index is 1.64. The number of rotatable bonds is 5. The van der Waals surface area contributed by atoms with Gasteiger partial charge in [-0.1, -0.05) is 48.2 Å². The van der Waals surface area contributed by atoms with E-state index >= 15 is 0 Å². The molecule has 0 bridgehead atoms. The van der Waals surface area contributed by atoms with Crippen molar-refractivity contribution in [3.63, 3.8) is 0 Å². The van der Waals surface area contributed by atoms with Gasteiger partial charge in [-0.15, -0.1) is 0 Å². The molecule has 0 radical (unpaired) electrons. The van der Waals surface area contributed by atoms with E-state index in [4.69, 9.17) is 4.74 Å². The monoisotopic (exact) mass is 300 g/mol. The van der Waals surface area contributed by atoms with E-state index in [1.54, 1.807) is 0 Å². The lowest BCUT2D eigenvalue weighted by Gasteiger charge is -2.27. The number of morpholine rings is 1. The van der Waals surface area contributed by atoms with Crippen LogP contribution < -0.4 is 5.43 Å². The van der Waals surface area contributed by atoms with E-state index in [1.165, 1.54) is 15.4 Å². The number of nitrogens with zero attached hydrogens (tertiary/aromatic N) is 1. The molecule has 1 saturated heterocycles. The lowest BCUT2D eigenvalue weighted by Crippen LogP contribution is -2.45. The van der Waals surface area contributed by atoms with Crippen LogP contribution in [0.4, 0.5) is 0 Å². The first kappa shape index (κ1) is 14.6. The quantitative estimate of drug-likeness (QED) is 0.916. The molecule has 0 amide bonds. The van der Waals surface area contributed by atoms with E-state index < -0.39 is 0 Å². The first-order chi connectivity index (χ1) is 10.4. The van der Waals surface area contributed by atoms with Gasteiger partial charge in [0.05, 0.1) is 13.2 Å². The van der Waals surface area contributed by atoms with Gasteiger partial charge in [0.15, 0.2) is 0 Å². The molecule has 0 unspecified atom stereocenters. The van der Waals surface area contributed by atoms with Crippen molar-refractivity contribution in [3.05, 3.63) is 60.2 Å². The van der Waals surface area contributed by atoms with Gasteiger partial charge in [-0.25, -0.2) is 5.01 Å². The minimum Gasteiger partial charge on any atom is -0.379 e. The van der Waals surface area contributed by atoms with E-state index in [-0.39, 0.29) is 0 Å². The van der Waals surface area contributed by atoms with Crippen LogP contribution in [0.3, 0.4) is 0 Å². The SMILES string of the molecule is c1ccc(Sc2ccccc2CNN2CCOCC2)cc1. The Labute approximate surface area is 130 Å². The summed E-state index contributed by atoms with van der Waals surface area (Å²) in [6, 6.07) is 19.1. The normalized spacial score (nSPS) is 16.0. The highest BCUT2D eigenvalue weighted by Gasteiger charge is 2.10. The molecule has 1 N–H and O–H groups in total. The van der Waals surface area contributed by atoms with Gasteiger partial charge in [0, 0.05) is 29.4 Å². The third-order valence-electron chi connectivity index (χ3n) is 3.45. The van der Waals surface area contributed by atoms with Crippen molar-refractivity contribution in [2.75, 3.05) is 26.3 Å². The zero-order valence-corrected chi connectivity index (χ0v) is 12.8. The summed E-state index contributed by atoms with van der Waals surface area (Å²) in [6.07, 6.45) is 0. The van der Waals surface area contributed by atoms with Crippen molar-refractivity contribution in [3.8, 4) is 0 Å². The summed E-state index contributed by atoms with van der Waals surface area (Å²) in [7, 11) is 0. The van der Waals surface area contributed by atoms with E-state index in [9.17, 15) is 0 Å². The van der Waals surface area contributed by atoms with E-state index in [0.717, 1.165) is 32.8 Å². The molecule has 1 aliphatic rings. The lowest BCUT2D eigenvalue weighted by molar-refractivity contribution is 0.0104. The average molecular weight is 300 g/mol. The molecule has 110 valence electrons. The van der Waals surface area contributed by atoms with Crippen molar-refractivity contribution in [2.45, 2.75) is 16.3 Å². The molecule has 0 spiro atoms. The third-order valence-corrected chi connectivity index (χ3v) is 4.57. The van der Waals surface area contributed by atoms with E-state index in [0.29, 0.717) is 0 Å². The van der Waals surface area contributed by atoms with Gasteiger partial charge >= 0.3 is 0 Å². The van der Waals surface area contributed by atoms with Crippen LogP contribution in [0.15, 0.2) is 64.4 Å². The maximum absolute atomic E-state index is 5.37.